The van der Waals surface area contributed by atoms with E-state index in [1.54, 1.807) is 6.08 Å². The van der Waals surface area contributed by atoms with E-state index in [4.69, 9.17) is 0 Å². The fourth-order valence-corrected chi connectivity index (χ4v) is 0.998. The third-order valence-electron chi connectivity index (χ3n) is 2.36. The van der Waals surface area contributed by atoms with Crippen molar-refractivity contribution in [3.8, 4) is 0 Å². The fraction of sp³-hybridized carbons (Fsp3) is 0.500. The minimum absolute atomic E-state index is 0.548. The van der Waals surface area contributed by atoms with Crippen LogP contribution in [0.4, 0.5) is 0 Å². The smallest absolute Gasteiger partial charge is 0.0227 e. The molecule has 0 bridgehead atoms. The molecule has 1 nitrogen and oxygen atoms in total. The summed E-state index contributed by atoms with van der Waals surface area (Å²) in [6, 6.07) is 0.548. The van der Waals surface area contributed by atoms with E-state index in [1.807, 2.05) is 6.08 Å². The standard InChI is InChI=1S/C12H21N/c1-7-8-9-11(4)12(5)13(6)10(2)3/h7-10H,1H2,2-6H3/b9-8-,12-11+. The monoisotopic (exact) mass is 179 g/mol. The predicted octanol–water partition coefficient (Wildman–Crippen LogP) is 3.36. The van der Waals surface area contributed by atoms with Crippen molar-refractivity contribution in [3.05, 3.63) is 36.1 Å². The summed E-state index contributed by atoms with van der Waals surface area (Å²) < 4.78 is 0. The van der Waals surface area contributed by atoms with Gasteiger partial charge >= 0.3 is 0 Å². The van der Waals surface area contributed by atoms with Gasteiger partial charge in [0.1, 0.15) is 0 Å². The Bertz CT molecular complexity index is 221. The molecule has 0 aliphatic carbocycles. The molecule has 0 N–H and O–H groups in total. The normalized spacial score (nSPS) is 13.4. The van der Waals surface area contributed by atoms with Gasteiger partial charge in [-0.05, 0) is 33.3 Å². The minimum atomic E-state index is 0.548. The first kappa shape index (κ1) is 12.0. The summed E-state index contributed by atoms with van der Waals surface area (Å²) >= 11 is 0. The van der Waals surface area contributed by atoms with Gasteiger partial charge in [0.15, 0.2) is 0 Å². The summed E-state index contributed by atoms with van der Waals surface area (Å²) in [4.78, 5) is 2.27. The zero-order chi connectivity index (χ0) is 10.4. The highest BCUT2D eigenvalue weighted by molar-refractivity contribution is 5.24. The molecular weight excluding hydrogens is 158 g/mol. The van der Waals surface area contributed by atoms with Crippen LogP contribution in [0.1, 0.15) is 27.7 Å². The van der Waals surface area contributed by atoms with Gasteiger partial charge in [-0.25, -0.2) is 0 Å². The van der Waals surface area contributed by atoms with Crippen molar-refractivity contribution in [2.75, 3.05) is 7.05 Å². The lowest BCUT2D eigenvalue weighted by molar-refractivity contribution is 0.342. The first-order valence-corrected chi connectivity index (χ1v) is 4.70. The molecule has 0 amide bonds. The quantitative estimate of drug-likeness (QED) is 0.598. The average Bonchev–Trinajstić information content (AvgIpc) is 2.11. The molecule has 74 valence electrons. The third kappa shape index (κ3) is 3.97. The first-order valence-electron chi connectivity index (χ1n) is 4.70. The molecule has 0 aromatic rings. The molecular formula is C12H21N. The largest absolute Gasteiger partial charge is 0.375 e. The van der Waals surface area contributed by atoms with Gasteiger partial charge in [-0.2, -0.15) is 0 Å². The van der Waals surface area contributed by atoms with Gasteiger partial charge in [-0.15, -0.1) is 0 Å². The van der Waals surface area contributed by atoms with Crippen LogP contribution >= 0.6 is 0 Å². The highest BCUT2D eigenvalue weighted by Gasteiger charge is 2.04. The summed E-state index contributed by atoms with van der Waals surface area (Å²) in [6.07, 6.45) is 5.85. The topological polar surface area (TPSA) is 3.24 Å². The molecule has 13 heavy (non-hydrogen) atoms. The second kappa shape index (κ2) is 5.63. The Morgan fingerprint density at radius 2 is 1.85 bits per heavy atom. The maximum atomic E-state index is 3.65. The molecule has 0 aliphatic rings. The highest BCUT2D eigenvalue weighted by Crippen LogP contribution is 2.11. The van der Waals surface area contributed by atoms with Gasteiger partial charge in [0.05, 0.1) is 0 Å². The number of hydrogen-bond donors (Lipinski definition) is 0. The lowest BCUT2D eigenvalue weighted by Crippen LogP contribution is -2.24. The van der Waals surface area contributed by atoms with Crippen LogP contribution in [0.5, 0.6) is 0 Å². The van der Waals surface area contributed by atoms with Crippen LogP contribution in [-0.4, -0.2) is 18.0 Å². The lowest BCUT2D eigenvalue weighted by atomic mass is 10.2. The predicted molar refractivity (Wildman–Crippen MR) is 60.6 cm³/mol. The van der Waals surface area contributed by atoms with Crippen LogP contribution in [0.15, 0.2) is 36.1 Å². The molecule has 0 rings (SSSR count). The second-order valence-electron chi connectivity index (χ2n) is 3.57. The van der Waals surface area contributed by atoms with Gasteiger partial charge in [-0.1, -0.05) is 24.8 Å². The number of rotatable bonds is 4. The second-order valence-corrected chi connectivity index (χ2v) is 3.57. The van der Waals surface area contributed by atoms with Crippen molar-refractivity contribution in [2.24, 2.45) is 0 Å². The Kier molecular flexibility index (Phi) is 5.20. The van der Waals surface area contributed by atoms with E-state index in [0.717, 1.165) is 0 Å². The van der Waals surface area contributed by atoms with E-state index in [0.29, 0.717) is 6.04 Å². The van der Waals surface area contributed by atoms with E-state index in [-0.39, 0.29) is 0 Å². The first-order chi connectivity index (χ1) is 6.00. The molecule has 0 saturated heterocycles. The Morgan fingerprint density at radius 1 is 1.31 bits per heavy atom. The van der Waals surface area contributed by atoms with Crippen molar-refractivity contribution in [1.29, 1.82) is 0 Å². The summed E-state index contributed by atoms with van der Waals surface area (Å²) in [7, 11) is 2.12. The van der Waals surface area contributed by atoms with Crippen LogP contribution in [0.25, 0.3) is 0 Å². The van der Waals surface area contributed by atoms with Crippen molar-refractivity contribution < 1.29 is 0 Å². The summed E-state index contributed by atoms with van der Waals surface area (Å²) in [5.74, 6) is 0. The Morgan fingerprint density at radius 3 is 2.23 bits per heavy atom. The molecule has 0 spiro atoms. The number of nitrogens with zero attached hydrogens (tertiary/aromatic N) is 1. The summed E-state index contributed by atoms with van der Waals surface area (Å²) in [5, 5.41) is 0. The van der Waals surface area contributed by atoms with Gasteiger partial charge in [0, 0.05) is 18.8 Å². The van der Waals surface area contributed by atoms with Gasteiger partial charge in [-0.3, -0.25) is 0 Å². The maximum Gasteiger partial charge on any atom is 0.0227 e. The third-order valence-corrected chi connectivity index (χ3v) is 2.36. The van der Waals surface area contributed by atoms with Crippen molar-refractivity contribution in [2.45, 2.75) is 33.7 Å². The molecule has 0 fully saturated rings. The van der Waals surface area contributed by atoms with Crippen molar-refractivity contribution in [3.63, 3.8) is 0 Å². The molecule has 0 atom stereocenters. The van der Waals surface area contributed by atoms with Crippen molar-refractivity contribution >= 4 is 0 Å². The zero-order valence-electron chi connectivity index (χ0n) is 9.46. The molecule has 0 aromatic carbocycles. The van der Waals surface area contributed by atoms with Crippen LogP contribution in [0, 0.1) is 0 Å². The highest BCUT2D eigenvalue weighted by atomic mass is 15.1. The molecule has 0 aromatic heterocycles. The van der Waals surface area contributed by atoms with Gasteiger partial charge < -0.3 is 4.90 Å². The van der Waals surface area contributed by atoms with Gasteiger partial charge in [0.2, 0.25) is 0 Å². The van der Waals surface area contributed by atoms with Crippen LogP contribution in [-0.2, 0) is 0 Å². The molecule has 0 unspecified atom stereocenters. The van der Waals surface area contributed by atoms with Crippen molar-refractivity contribution in [1.82, 2.24) is 4.90 Å². The number of hydrogen-bond acceptors (Lipinski definition) is 1. The van der Waals surface area contributed by atoms with E-state index < -0.39 is 0 Å². The van der Waals surface area contributed by atoms with E-state index in [1.165, 1.54) is 11.3 Å². The molecule has 0 heterocycles. The van der Waals surface area contributed by atoms with E-state index >= 15 is 0 Å². The minimum Gasteiger partial charge on any atom is -0.375 e. The lowest BCUT2D eigenvalue weighted by Gasteiger charge is -2.25. The van der Waals surface area contributed by atoms with E-state index in [2.05, 4.69) is 52.3 Å². The molecule has 1 heteroatoms. The Labute approximate surface area is 82.4 Å². The number of allylic oxidation sites excluding steroid dienone is 5. The summed E-state index contributed by atoms with van der Waals surface area (Å²) in [5.41, 5.74) is 2.60. The Balaban J connectivity index is 4.59. The van der Waals surface area contributed by atoms with Crippen LogP contribution < -0.4 is 0 Å². The molecule has 0 saturated carbocycles. The molecule has 0 aliphatic heterocycles. The zero-order valence-corrected chi connectivity index (χ0v) is 9.46. The maximum absolute atomic E-state index is 3.65. The Hall–Kier alpha value is -0.980. The van der Waals surface area contributed by atoms with Gasteiger partial charge in [0.25, 0.3) is 0 Å². The van der Waals surface area contributed by atoms with E-state index in [9.17, 15) is 0 Å². The fourth-order valence-electron chi connectivity index (χ4n) is 0.998. The average molecular weight is 179 g/mol. The molecule has 0 radical (unpaired) electrons. The van der Waals surface area contributed by atoms with Crippen LogP contribution in [0.3, 0.4) is 0 Å². The van der Waals surface area contributed by atoms with Crippen LogP contribution in [0.2, 0.25) is 0 Å². The summed E-state index contributed by atoms with van der Waals surface area (Å²) in [6.45, 7) is 12.3. The SMILES string of the molecule is C=C/C=C\C(C)=C(/C)N(C)C(C)C.